The zero-order chi connectivity index (χ0) is 16.8. The fraction of sp³-hybridized carbons (Fsp3) is 0.684. The van der Waals surface area contributed by atoms with Gasteiger partial charge >= 0.3 is 0 Å². The van der Waals surface area contributed by atoms with Crippen LogP contribution in [-0.4, -0.2) is 82.5 Å². The first-order valence-corrected chi connectivity index (χ1v) is 9.14. The molecule has 0 N–H and O–H groups in total. The molecule has 5 nitrogen and oxygen atoms in total. The Bertz CT molecular complexity index is 495. The van der Waals surface area contributed by atoms with Crippen LogP contribution in [0, 0.1) is 0 Å². The lowest BCUT2D eigenvalue weighted by Crippen LogP contribution is -2.53. The third-order valence-corrected chi connectivity index (χ3v) is 5.42. The van der Waals surface area contributed by atoms with Crippen LogP contribution in [0.5, 0.6) is 5.75 Å². The summed E-state index contributed by atoms with van der Waals surface area (Å²) in [5.74, 6) is 0.943. The van der Waals surface area contributed by atoms with E-state index in [-0.39, 0.29) is 0 Å². The number of rotatable bonds is 6. The number of piperidine rings is 1. The van der Waals surface area contributed by atoms with Crippen LogP contribution in [0.2, 0.25) is 0 Å². The fourth-order valence-electron chi connectivity index (χ4n) is 3.88. The van der Waals surface area contributed by atoms with Crippen LogP contribution < -0.4 is 9.64 Å². The molecule has 24 heavy (non-hydrogen) atoms. The first kappa shape index (κ1) is 17.5. The molecule has 2 heterocycles. The predicted molar refractivity (Wildman–Crippen MR) is 98.1 cm³/mol. The van der Waals surface area contributed by atoms with Crippen molar-refractivity contribution in [2.75, 3.05) is 71.5 Å². The molecule has 2 fully saturated rings. The van der Waals surface area contributed by atoms with Gasteiger partial charge in [0.05, 0.1) is 13.7 Å². The second kappa shape index (κ2) is 8.70. The van der Waals surface area contributed by atoms with E-state index in [0.29, 0.717) is 0 Å². The number of piperazine rings is 1. The first-order chi connectivity index (χ1) is 11.8. The lowest BCUT2D eigenvalue weighted by Gasteiger charge is -2.43. The fourth-order valence-corrected chi connectivity index (χ4v) is 3.88. The van der Waals surface area contributed by atoms with E-state index >= 15 is 0 Å². The smallest absolute Gasteiger partial charge is 0.120 e. The normalized spacial score (nSPS) is 21.2. The van der Waals surface area contributed by atoms with Crippen molar-refractivity contribution in [1.82, 2.24) is 9.80 Å². The van der Waals surface area contributed by atoms with Crippen molar-refractivity contribution in [1.29, 1.82) is 0 Å². The number of benzene rings is 1. The highest BCUT2D eigenvalue weighted by atomic mass is 16.5. The standard InChI is InChI=1S/C19H31N3O2/c1-23-15-14-20-8-6-17(7-9-20)21-10-12-22(13-11-21)18-4-3-5-19(16-18)24-2/h3-5,16-17H,6-15H2,1-2H3. The number of hydrogen-bond acceptors (Lipinski definition) is 5. The summed E-state index contributed by atoms with van der Waals surface area (Å²) in [6, 6.07) is 9.18. The summed E-state index contributed by atoms with van der Waals surface area (Å²) in [5.41, 5.74) is 1.28. The molecule has 0 amide bonds. The molecule has 134 valence electrons. The molecule has 0 saturated carbocycles. The third-order valence-electron chi connectivity index (χ3n) is 5.42. The Hall–Kier alpha value is -1.30. The summed E-state index contributed by atoms with van der Waals surface area (Å²) >= 11 is 0. The molecule has 0 aliphatic carbocycles. The average molecular weight is 333 g/mol. The highest BCUT2D eigenvalue weighted by Gasteiger charge is 2.27. The van der Waals surface area contributed by atoms with Gasteiger partial charge in [0, 0.05) is 57.6 Å². The lowest BCUT2D eigenvalue weighted by molar-refractivity contribution is 0.0834. The molecule has 0 radical (unpaired) electrons. The maximum absolute atomic E-state index is 5.35. The molecule has 2 aliphatic rings. The molecule has 0 spiro atoms. The molecular weight excluding hydrogens is 302 g/mol. The van der Waals surface area contributed by atoms with E-state index in [9.17, 15) is 0 Å². The van der Waals surface area contributed by atoms with Gasteiger partial charge in [-0.3, -0.25) is 4.90 Å². The molecule has 3 rings (SSSR count). The SMILES string of the molecule is COCCN1CCC(N2CCN(c3cccc(OC)c3)CC2)CC1. The van der Waals surface area contributed by atoms with E-state index in [1.807, 2.05) is 6.07 Å². The molecule has 0 unspecified atom stereocenters. The molecule has 0 bridgehead atoms. The number of methoxy groups -OCH3 is 2. The van der Waals surface area contributed by atoms with Crippen LogP contribution in [0.3, 0.4) is 0 Å². The topological polar surface area (TPSA) is 28.2 Å². The minimum absolute atomic E-state index is 0.760. The highest BCUT2D eigenvalue weighted by molar-refractivity contribution is 5.51. The molecule has 0 atom stereocenters. The van der Waals surface area contributed by atoms with Gasteiger partial charge in [-0.1, -0.05) is 6.07 Å². The largest absolute Gasteiger partial charge is 0.497 e. The van der Waals surface area contributed by atoms with Crippen LogP contribution in [0.1, 0.15) is 12.8 Å². The summed E-state index contributed by atoms with van der Waals surface area (Å²) in [5, 5.41) is 0. The summed E-state index contributed by atoms with van der Waals surface area (Å²) in [6.07, 6.45) is 2.59. The maximum atomic E-state index is 5.35. The van der Waals surface area contributed by atoms with Crippen LogP contribution >= 0.6 is 0 Å². The molecule has 1 aromatic rings. The van der Waals surface area contributed by atoms with E-state index in [1.165, 1.54) is 44.7 Å². The molecule has 1 aromatic carbocycles. The maximum Gasteiger partial charge on any atom is 0.120 e. The Morgan fingerprint density at radius 2 is 1.75 bits per heavy atom. The van der Waals surface area contributed by atoms with Crippen molar-refractivity contribution in [2.24, 2.45) is 0 Å². The van der Waals surface area contributed by atoms with E-state index < -0.39 is 0 Å². The van der Waals surface area contributed by atoms with Gasteiger partial charge in [-0.15, -0.1) is 0 Å². The van der Waals surface area contributed by atoms with E-state index in [1.54, 1.807) is 14.2 Å². The Kier molecular flexibility index (Phi) is 6.35. The highest BCUT2D eigenvalue weighted by Crippen LogP contribution is 2.24. The molecule has 0 aromatic heterocycles. The number of hydrogen-bond donors (Lipinski definition) is 0. The Morgan fingerprint density at radius 1 is 1.00 bits per heavy atom. The minimum Gasteiger partial charge on any atom is -0.497 e. The van der Waals surface area contributed by atoms with Gasteiger partial charge in [-0.25, -0.2) is 0 Å². The summed E-state index contributed by atoms with van der Waals surface area (Å²) < 4.78 is 10.5. The zero-order valence-corrected chi connectivity index (χ0v) is 15.1. The minimum atomic E-state index is 0.760. The van der Waals surface area contributed by atoms with Gasteiger partial charge in [0.2, 0.25) is 0 Å². The first-order valence-electron chi connectivity index (χ1n) is 9.14. The summed E-state index contributed by atoms with van der Waals surface area (Å²) in [7, 11) is 3.52. The van der Waals surface area contributed by atoms with E-state index in [4.69, 9.17) is 9.47 Å². The van der Waals surface area contributed by atoms with Crippen molar-refractivity contribution >= 4 is 5.69 Å². The average Bonchev–Trinajstić information content (AvgIpc) is 2.67. The van der Waals surface area contributed by atoms with Crippen molar-refractivity contribution in [3.05, 3.63) is 24.3 Å². The molecule has 5 heteroatoms. The number of ether oxygens (including phenoxy) is 2. The second-order valence-electron chi connectivity index (χ2n) is 6.79. The van der Waals surface area contributed by atoms with Crippen molar-refractivity contribution in [3.63, 3.8) is 0 Å². The number of nitrogens with zero attached hydrogens (tertiary/aromatic N) is 3. The van der Waals surface area contributed by atoms with Crippen LogP contribution in [0.25, 0.3) is 0 Å². The third kappa shape index (κ3) is 4.41. The zero-order valence-electron chi connectivity index (χ0n) is 15.1. The van der Waals surface area contributed by atoms with Crippen LogP contribution in [0.4, 0.5) is 5.69 Å². The van der Waals surface area contributed by atoms with Gasteiger partial charge in [0.25, 0.3) is 0 Å². The van der Waals surface area contributed by atoms with Crippen LogP contribution in [0.15, 0.2) is 24.3 Å². The molecular formula is C19H31N3O2. The van der Waals surface area contributed by atoms with Crippen LogP contribution in [-0.2, 0) is 4.74 Å². The lowest BCUT2D eigenvalue weighted by atomic mass is 10.0. The van der Waals surface area contributed by atoms with Gasteiger partial charge in [0.1, 0.15) is 5.75 Å². The van der Waals surface area contributed by atoms with E-state index in [0.717, 1.165) is 38.0 Å². The monoisotopic (exact) mass is 333 g/mol. The molecule has 2 aliphatic heterocycles. The van der Waals surface area contributed by atoms with Gasteiger partial charge < -0.3 is 19.3 Å². The number of likely N-dealkylation sites (tertiary alicyclic amines) is 1. The molecule has 2 saturated heterocycles. The quantitative estimate of drug-likeness (QED) is 0.793. The van der Waals surface area contributed by atoms with E-state index in [2.05, 4.69) is 32.9 Å². The predicted octanol–water partition coefficient (Wildman–Crippen LogP) is 1.93. The summed E-state index contributed by atoms with van der Waals surface area (Å²) in [4.78, 5) is 7.71. The Morgan fingerprint density at radius 3 is 2.42 bits per heavy atom. The summed E-state index contributed by atoms with van der Waals surface area (Å²) in [6.45, 7) is 8.90. The second-order valence-corrected chi connectivity index (χ2v) is 6.79. The van der Waals surface area contributed by atoms with Gasteiger partial charge in [-0.2, -0.15) is 0 Å². The Balaban J connectivity index is 1.45. The van der Waals surface area contributed by atoms with Crippen molar-refractivity contribution < 1.29 is 9.47 Å². The van der Waals surface area contributed by atoms with Crippen molar-refractivity contribution in [2.45, 2.75) is 18.9 Å². The van der Waals surface area contributed by atoms with Gasteiger partial charge in [0.15, 0.2) is 0 Å². The number of anilines is 1. The van der Waals surface area contributed by atoms with Crippen molar-refractivity contribution in [3.8, 4) is 5.75 Å². The Labute approximate surface area is 146 Å². The van der Waals surface area contributed by atoms with Gasteiger partial charge in [-0.05, 0) is 38.1 Å².